The molecule has 0 aliphatic heterocycles. The van der Waals surface area contributed by atoms with Crippen molar-refractivity contribution in [1.29, 1.82) is 0 Å². The molecule has 4 N–H and O–H groups in total. The number of rotatable bonds is 6. The van der Waals surface area contributed by atoms with Crippen LogP contribution in [0.5, 0.6) is 0 Å². The number of benzene rings is 1. The molecule has 0 spiro atoms. The number of nitrogen functional groups attached to an aromatic ring is 1. The summed E-state index contributed by atoms with van der Waals surface area (Å²) in [5, 5.41) is 0. The molecule has 2 rings (SSSR count). The van der Waals surface area contributed by atoms with Gasteiger partial charge in [-0.2, -0.15) is 0 Å². The minimum absolute atomic E-state index is 0.200. The van der Waals surface area contributed by atoms with E-state index >= 15 is 0 Å². The molecule has 18 heavy (non-hydrogen) atoms. The molecule has 1 saturated carbocycles. The molecule has 0 heterocycles. The van der Waals surface area contributed by atoms with Gasteiger partial charge in [-0.1, -0.05) is 6.92 Å². The SMILES string of the molecule is CCC1(CNS(=O)(=O)c2ccc(NN)cc2)CC1. The highest BCUT2D eigenvalue weighted by molar-refractivity contribution is 7.89. The zero-order chi connectivity index (χ0) is 13.2. The van der Waals surface area contributed by atoms with Crippen LogP contribution in [0.2, 0.25) is 0 Å². The number of nitrogens with one attached hydrogen (secondary N) is 2. The van der Waals surface area contributed by atoms with Gasteiger partial charge in [0, 0.05) is 12.2 Å². The van der Waals surface area contributed by atoms with E-state index < -0.39 is 10.0 Å². The molecule has 1 fully saturated rings. The van der Waals surface area contributed by atoms with Gasteiger partial charge in [0.1, 0.15) is 0 Å². The van der Waals surface area contributed by atoms with Crippen LogP contribution in [0, 0.1) is 5.41 Å². The van der Waals surface area contributed by atoms with E-state index in [-0.39, 0.29) is 10.3 Å². The van der Waals surface area contributed by atoms with Crippen LogP contribution in [0.25, 0.3) is 0 Å². The molecule has 0 radical (unpaired) electrons. The Morgan fingerprint density at radius 3 is 2.33 bits per heavy atom. The molecular weight excluding hydrogens is 250 g/mol. The summed E-state index contributed by atoms with van der Waals surface area (Å²) in [6, 6.07) is 6.37. The van der Waals surface area contributed by atoms with Gasteiger partial charge in [0.15, 0.2) is 0 Å². The molecule has 1 aliphatic rings. The number of nitrogens with two attached hydrogens (primary N) is 1. The van der Waals surface area contributed by atoms with Crippen molar-refractivity contribution in [1.82, 2.24) is 4.72 Å². The lowest BCUT2D eigenvalue weighted by molar-refractivity contribution is 0.475. The fraction of sp³-hybridized carbons (Fsp3) is 0.500. The minimum Gasteiger partial charge on any atom is -0.324 e. The molecule has 5 nitrogen and oxygen atoms in total. The standard InChI is InChI=1S/C12H19N3O2S/c1-2-12(7-8-12)9-14-18(16,17)11-5-3-10(15-13)4-6-11/h3-6,14-15H,2,7-9,13H2,1H3. The maximum atomic E-state index is 12.1. The average molecular weight is 269 g/mol. The molecule has 0 amide bonds. The zero-order valence-electron chi connectivity index (χ0n) is 10.4. The monoisotopic (exact) mass is 269 g/mol. The number of hydrazine groups is 1. The summed E-state index contributed by atoms with van der Waals surface area (Å²) in [6.07, 6.45) is 3.25. The highest BCUT2D eigenvalue weighted by atomic mass is 32.2. The van der Waals surface area contributed by atoms with Crippen LogP contribution >= 0.6 is 0 Å². The molecule has 1 aromatic rings. The van der Waals surface area contributed by atoms with Crippen LogP contribution in [0.4, 0.5) is 5.69 Å². The summed E-state index contributed by atoms with van der Waals surface area (Å²) >= 11 is 0. The van der Waals surface area contributed by atoms with Crippen molar-refractivity contribution < 1.29 is 8.42 Å². The van der Waals surface area contributed by atoms with Gasteiger partial charge in [-0.15, -0.1) is 0 Å². The van der Waals surface area contributed by atoms with Crippen molar-refractivity contribution in [3.05, 3.63) is 24.3 Å². The fourth-order valence-electron chi connectivity index (χ4n) is 1.89. The van der Waals surface area contributed by atoms with E-state index in [1.54, 1.807) is 24.3 Å². The molecular formula is C12H19N3O2S. The summed E-state index contributed by atoms with van der Waals surface area (Å²) in [7, 11) is -3.41. The van der Waals surface area contributed by atoms with E-state index in [2.05, 4.69) is 17.1 Å². The predicted octanol–water partition coefficient (Wildman–Crippen LogP) is 1.44. The van der Waals surface area contributed by atoms with Crippen LogP contribution in [-0.2, 0) is 10.0 Å². The third kappa shape index (κ3) is 2.82. The lowest BCUT2D eigenvalue weighted by atomic mass is 10.1. The molecule has 0 atom stereocenters. The maximum absolute atomic E-state index is 12.1. The Morgan fingerprint density at radius 2 is 1.89 bits per heavy atom. The highest BCUT2D eigenvalue weighted by Gasteiger charge is 2.41. The Hall–Kier alpha value is -1.11. The molecule has 0 aromatic heterocycles. The van der Waals surface area contributed by atoms with Crippen LogP contribution < -0.4 is 16.0 Å². The van der Waals surface area contributed by atoms with Crippen molar-refractivity contribution in [2.75, 3.05) is 12.0 Å². The summed E-state index contributed by atoms with van der Waals surface area (Å²) < 4.78 is 26.8. The third-order valence-electron chi connectivity index (χ3n) is 3.68. The second-order valence-electron chi connectivity index (χ2n) is 4.85. The molecule has 1 aromatic carbocycles. The molecule has 0 bridgehead atoms. The number of anilines is 1. The van der Waals surface area contributed by atoms with Crippen molar-refractivity contribution in [3.63, 3.8) is 0 Å². The van der Waals surface area contributed by atoms with Crippen LogP contribution in [0.15, 0.2) is 29.2 Å². The van der Waals surface area contributed by atoms with Gasteiger partial charge in [0.25, 0.3) is 0 Å². The summed E-state index contributed by atoms with van der Waals surface area (Å²) in [4.78, 5) is 0.272. The largest absolute Gasteiger partial charge is 0.324 e. The van der Waals surface area contributed by atoms with Crippen LogP contribution in [0.3, 0.4) is 0 Å². The predicted molar refractivity (Wildman–Crippen MR) is 71.4 cm³/mol. The summed E-state index contributed by atoms with van der Waals surface area (Å²) in [5.41, 5.74) is 3.35. The van der Waals surface area contributed by atoms with E-state index in [1.165, 1.54) is 0 Å². The molecule has 1 aliphatic carbocycles. The van der Waals surface area contributed by atoms with Crippen molar-refractivity contribution in [2.45, 2.75) is 31.1 Å². The molecule has 100 valence electrons. The first-order valence-electron chi connectivity index (χ1n) is 6.08. The van der Waals surface area contributed by atoms with E-state index in [9.17, 15) is 8.42 Å². The summed E-state index contributed by atoms with van der Waals surface area (Å²) in [5.74, 6) is 5.24. The Bertz CT molecular complexity index is 507. The first-order chi connectivity index (χ1) is 8.51. The van der Waals surface area contributed by atoms with Crippen molar-refractivity contribution in [2.24, 2.45) is 11.3 Å². The van der Waals surface area contributed by atoms with E-state index in [0.717, 1.165) is 19.3 Å². The first kappa shape index (κ1) is 13.3. The second kappa shape index (κ2) is 4.87. The Balaban J connectivity index is 2.05. The Labute approximate surface area is 108 Å². The highest BCUT2D eigenvalue weighted by Crippen LogP contribution is 2.48. The van der Waals surface area contributed by atoms with Crippen molar-refractivity contribution in [3.8, 4) is 0 Å². The quantitative estimate of drug-likeness (QED) is 0.539. The second-order valence-corrected chi connectivity index (χ2v) is 6.61. The lowest BCUT2D eigenvalue weighted by Crippen LogP contribution is -2.30. The fourth-order valence-corrected chi connectivity index (χ4v) is 3.05. The van der Waals surface area contributed by atoms with Gasteiger partial charge >= 0.3 is 0 Å². The topological polar surface area (TPSA) is 84.2 Å². The van der Waals surface area contributed by atoms with E-state index in [1.807, 2.05) is 0 Å². The molecule has 0 unspecified atom stereocenters. The maximum Gasteiger partial charge on any atom is 0.240 e. The molecule has 0 saturated heterocycles. The van der Waals surface area contributed by atoms with Gasteiger partial charge in [-0.05, 0) is 48.9 Å². The van der Waals surface area contributed by atoms with Crippen LogP contribution in [-0.4, -0.2) is 15.0 Å². The third-order valence-corrected chi connectivity index (χ3v) is 5.09. The van der Waals surface area contributed by atoms with Crippen molar-refractivity contribution >= 4 is 15.7 Å². The number of hydrogen-bond donors (Lipinski definition) is 3. The Morgan fingerprint density at radius 1 is 1.28 bits per heavy atom. The van der Waals surface area contributed by atoms with E-state index in [4.69, 9.17) is 5.84 Å². The smallest absolute Gasteiger partial charge is 0.240 e. The number of hydrogen-bond acceptors (Lipinski definition) is 4. The average Bonchev–Trinajstić information content (AvgIpc) is 3.17. The Kier molecular flexibility index (Phi) is 3.61. The lowest BCUT2D eigenvalue weighted by Gasteiger charge is -2.13. The molecule has 6 heteroatoms. The summed E-state index contributed by atoms with van der Waals surface area (Å²) in [6.45, 7) is 2.63. The van der Waals surface area contributed by atoms with Gasteiger partial charge in [0.2, 0.25) is 10.0 Å². The van der Waals surface area contributed by atoms with Crippen LogP contribution in [0.1, 0.15) is 26.2 Å². The van der Waals surface area contributed by atoms with Gasteiger partial charge < -0.3 is 5.43 Å². The first-order valence-corrected chi connectivity index (χ1v) is 7.56. The zero-order valence-corrected chi connectivity index (χ0v) is 11.3. The van der Waals surface area contributed by atoms with Gasteiger partial charge in [0.05, 0.1) is 4.90 Å². The minimum atomic E-state index is -3.41. The van der Waals surface area contributed by atoms with Gasteiger partial charge in [-0.3, -0.25) is 5.84 Å². The normalized spacial score (nSPS) is 17.4. The number of sulfonamides is 1. The van der Waals surface area contributed by atoms with E-state index in [0.29, 0.717) is 12.2 Å². The van der Waals surface area contributed by atoms with Gasteiger partial charge in [-0.25, -0.2) is 13.1 Å².